The number of amides is 1. The van der Waals surface area contributed by atoms with Gasteiger partial charge in [0.1, 0.15) is 12.7 Å². The van der Waals surface area contributed by atoms with E-state index in [0.717, 1.165) is 3.57 Å². The summed E-state index contributed by atoms with van der Waals surface area (Å²) in [5.74, 6) is -0.631. The lowest BCUT2D eigenvalue weighted by molar-refractivity contribution is -0.199. The third-order valence-corrected chi connectivity index (χ3v) is 4.56. The summed E-state index contributed by atoms with van der Waals surface area (Å²) in [6, 6.07) is 6.57. The number of benzene rings is 1. The van der Waals surface area contributed by atoms with Crippen LogP contribution in [-0.4, -0.2) is 55.5 Å². The first-order chi connectivity index (χ1) is 10.1. The summed E-state index contributed by atoms with van der Waals surface area (Å²) in [4.78, 5) is 26.2. The Balaban J connectivity index is 1.92. The van der Waals surface area contributed by atoms with Gasteiger partial charge in [0.05, 0.1) is 12.1 Å². The Morgan fingerprint density at radius 1 is 1.43 bits per heavy atom. The number of cyclic esters (lactones) is 1. The number of carbonyl (C=O) groups excluding carboxylic acids is 2. The Kier molecular flexibility index (Phi) is 4.14. The van der Waals surface area contributed by atoms with Gasteiger partial charge < -0.3 is 19.1 Å². The van der Waals surface area contributed by atoms with E-state index >= 15 is 0 Å². The van der Waals surface area contributed by atoms with Gasteiger partial charge in [-0.05, 0) is 34.7 Å². The number of fused-ring (bicyclic) bond motifs is 1. The molecule has 21 heavy (non-hydrogen) atoms. The maximum atomic E-state index is 12.8. The van der Waals surface area contributed by atoms with Gasteiger partial charge in [0, 0.05) is 10.7 Å². The number of rotatable bonds is 2. The van der Waals surface area contributed by atoms with Gasteiger partial charge in [-0.2, -0.15) is 0 Å². The van der Waals surface area contributed by atoms with Gasteiger partial charge in [0.15, 0.2) is 12.3 Å². The van der Waals surface area contributed by atoms with Crippen LogP contribution in [0.4, 0.5) is 0 Å². The molecule has 1 aromatic carbocycles. The fourth-order valence-corrected chi connectivity index (χ4v) is 3.19. The first-order valence-corrected chi connectivity index (χ1v) is 7.60. The van der Waals surface area contributed by atoms with Gasteiger partial charge in [0.2, 0.25) is 0 Å². The van der Waals surface area contributed by atoms with E-state index in [1.165, 1.54) is 12.0 Å². The normalized spacial score (nSPS) is 28.2. The summed E-state index contributed by atoms with van der Waals surface area (Å²) in [5.41, 5.74) is 0.563. The molecule has 2 heterocycles. The van der Waals surface area contributed by atoms with Crippen LogP contribution >= 0.6 is 22.6 Å². The molecule has 0 aliphatic carbocycles. The Labute approximate surface area is 135 Å². The monoisotopic (exact) mass is 403 g/mol. The number of hydrogen-bond acceptors (Lipinski definition) is 5. The molecule has 3 atom stereocenters. The number of nitrogens with zero attached hydrogens (tertiary/aromatic N) is 1. The van der Waals surface area contributed by atoms with E-state index in [-0.39, 0.29) is 19.1 Å². The molecule has 0 spiro atoms. The molecule has 2 aliphatic rings. The van der Waals surface area contributed by atoms with Crippen LogP contribution in [0.2, 0.25) is 0 Å². The highest BCUT2D eigenvalue weighted by Crippen LogP contribution is 2.27. The molecule has 0 aromatic heterocycles. The number of halogens is 1. The van der Waals surface area contributed by atoms with E-state index in [4.69, 9.17) is 14.2 Å². The number of carbonyl (C=O) groups is 2. The van der Waals surface area contributed by atoms with Crippen molar-refractivity contribution >= 4 is 34.5 Å². The average molecular weight is 403 g/mol. The molecule has 1 unspecified atom stereocenters. The summed E-state index contributed by atoms with van der Waals surface area (Å²) >= 11 is 2.11. The lowest BCUT2D eigenvalue weighted by atomic mass is 10.1. The van der Waals surface area contributed by atoms with E-state index in [9.17, 15) is 9.59 Å². The van der Waals surface area contributed by atoms with Crippen LogP contribution in [0.15, 0.2) is 24.3 Å². The van der Waals surface area contributed by atoms with Crippen molar-refractivity contribution in [3.05, 3.63) is 33.4 Å². The molecule has 1 amide bonds. The quantitative estimate of drug-likeness (QED) is 0.546. The third-order valence-electron chi connectivity index (χ3n) is 3.62. The first kappa shape index (κ1) is 14.7. The standard InChI is InChI=1S/C14H14INO5/c1-19-11-6-16(12-10(21-11)7-20-14(12)18)13(17)8-4-2-3-5-9(8)15/h2-5,10-12H,6-7H2,1H3/t10?,11-,12+/m0/s1. The second-order valence-electron chi connectivity index (χ2n) is 4.85. The maximum Gasteiger partial charge on any atom is 0.331 e. The average Bonchev–Trinajstić information content (AvgIpc) is 2.87. The highest BCUT2D eigenvalue weighted by atomic mass is 127. The zero-order valence-electron chi connectivity index (χ0n) is 11.3. The summed E-state index contributed by atoms with van der Waals surface area (Å²) in [7, 11) is 1.51. The predicted octanol–water partition coefficient (Wildman–Crippen LogP) is 1.03. The molecular formula is C14H14INO5. The summed E-state index contributed by atoms with van der Waals surface area (Å²) in [6.45, 7) is 0.357. The van der Waals surface area contributed by atoms with E-state index in [0.29, 0.717) is 5.56 Å². The van der Waals surface area contributed by atoms with Crippen molar-refractivity contribution < 1.29 is 23.8 Å². The minimum absolute atomic E-state index is 0.152. The topological polar surface area (TPSA) is 65.1 Å². The fraction of sp³-hybridized carbons (Fsp3) is 0.429. The first-order valence-electron chi connectivity index (χ1n) is 6.52. The van der Waals surface area contributed by atoms with Crippen LogP contribution in [0.25, 0.3) is 0 Å². The van der Waals surface area contributed by atoms with E-state index in [2.05, 4.69) is 22.6 Å². The zero-order valence-corrected chi connectivity index (χ0v) is 13.5. The van der Waals surface area contributed by atoms with Gasteiger partial charge in [0.25, 0.3) is 5.91 Å². The molecule has 0 radical (unpaired) electrons. The zero-order chi connectivity index (χ0) is 15.0. The van der Waals surface area contributed by atoms with Crippen LogP contribution in [0, 0.1) is 3.57 Å². The maximum absolute atomic E-state index is 12.8. The van der Waals surface area contributed by atoms with Crippen molar-refractivity contribution in [1.29, 1.82) is 0 Å². The number of ether oxygens (including phenoxy) is 3. The molecule has 0 bridgehead atoms. The molecule has 2 fully saturated rings. The molecule has 1 aromatic rings. The lowest BCUT2D eigenvalue weighted by Gasteiger charge is -2.38. The van der Waals surface area contributed by atoms with Gasteiger partial charge in [-0.15, -0.1) is 0 Å². The minimum Gasteiger partial charge on any atom is -0.461 e. The summed E-state index contributed by atoms with van der Waals surface area (Å²) in [5, 5.41) is 0. The highest BCUT2D eigenvalue weighted by Gasteiger charge is 2.49. The van der Waals surface area contributed by atoms with Crippen LogP contribution in [0.5, 0.6) is 0 Å². The molecule has 2 saturated heterocycles. The Bertz CT molecular complexity index is 578. The second-order valence-corrected chi connectivity index (χ2v) is 6.01. The Hall–Kier alpha value is -1.19. The number of methoxy groups -OCH3 is 1. The summed E-state index contributed by atoms with van der Waals surface area (Å²) in [6.07, 6.45) is -1.02. The van der Waals surface area contributed by atoms with Crippen molar-refractivity contribution in [2.45, 2.75) is 18.4 Å². The van der Waals surface area contributed by atoms with Crippen LogP contribution < -0.4 is 0 Å². The molecule has 7 heteroatoms. The lowest BCUT2D eigenvalue weighted by Crippen LogP contribution is -2.58. The second kappa shape index (κ2) is 5.90. The van der Waals surface area contributed by atoms with E-state index < -0.39 is 24.4 Å². The molecule has 0 saturated carbocycles. The van der Waals surface area contributed by atoms with Crippen LogP contribution in [0.3, 0.4) is 0 Å². The molecule has 6 nitrogen and oxygen atoms in total. The van der Waals surface area contributed by atoms with Gasteiger partial charge in [-0.25, -0.2) is 4.79 Å². The van der Waals surface area contributed by atoms with Crippen LogP contribution in [-0.2, 0) is 19.0 Å². The molecule has 0 N–H and O–H groups in total. The minimum atomic E-state index is -0.695. The Morgan fingerprint density at radius 3 is 2.90 bits per heavy atom. The molecule has 112 valence electrons. The van der Waals surface area contributed by atoms with Crippen molar-refractivity contribution in [2.75, 3.05) is 20.3 Å². The number of esters is 1. The third kappa shape index (κ3) is 2.65. The van der Waals surface area contributed by atoms with Gasteiger partial charge in [-0.1, -0.05) is 12.1 Å². The number of hydrogen-bond donors (Lipinski definition) is 0. The van der Waals surface area contributed by atoms with Crippen molar-refractivity contribution in [3.8, 4) is 0 Å². The highest BCUT2D eigenvalue weighted by molar-refractivity contribution is 14.1. The van der Waals surface area contributed by atoms with E-state index in [1.54, 1.807) is 12.1 Å². The smallest absolute Gasteiger partial charge is 0.331 e. The fourth-order valence-electron chi connectivity index (χ4n) is 2.58. The largest absolute Gasteiger partial charge is 0.461 e. The molecular weight excluding hydrogens is 389 g/mol. The van der Waals surface area contributed by atoms with Crippen molar-refractivity contribution in [1.82, 2.24) is 4.90 Å². The summed E-state index contributed by atoms with van der Waals surface area (Å²) < 4.78 is 16.7. The predicted molar refractivity (Wildman–Crippen MR) is 80.6 cm³/mol. The Morgan fingerprint density at radius 2 is 2.19 bits per heavy atom. The molecule has 3 rings (SSSR count). The van der Waals surface area contributed by atoms with Crippen molar-refractivity contribution in [3.63, 3.8) is 0 Å². The van der Waals surface area contributed by atoms with E-state index in [1.807, 2.05) is 12.1 Å². The molecule has 2 aliphatic heterocycles. The SMILES string of the molecule is CO[C@@H]1CN(C(=O)c2ccccc2I)[C@H]2C(=O)OCC2O1. The number of morpholine rings is 1. The van der Waals surface area contributed by atoms with Crippen LogP contribution in [0.1, 0.15) is 10.4 Å². The van der Waals surface area contributed by atoms with Gasteiger partial charge >= 0.3 is 5.97 Å². The van der Waals surface area contributed by atoms with Gasteiger partial charge in [-0.3, -0.25) is 4.79 Å². The van der Waals surface area contributed by atoms with Crippen molar-refractivity contribution in [2.24, 2.45) is 0 Å².